The third-order valence-corrected chi connectivity index (χ3v) is 5.66. The highest BCUT2D eigenvalue weighted by Gasteiger charge is 2.36. The number of carbonyl (C=O) groups excluding carboxylic acids is 2. The maximum absolute atomic E-state index is 13.0. The van der Waals surface area contributed by atoms with Crippen LogP contribution in [0, 0.1) is 0 Å². The third kappa shape index (κ3) is 5.49. The molecular weight excluding hydrogens is 402 g/mol. The van der Waals surface area contributed by atoms with Crippen LogP contribution in [0.15, 0.2) is 48.5 Å². The molecule has 0 radical (unpaired) electrons. The number of nitrogens with zero attached hydrogens (tertiary/aromatic N) is 2. The van der Waals surface area contributed by atoms with E-state index in [1.807, 2.05) is 65.3 Å². The van der Waals surface area contributed by atoms with E-state index in [1.165, 1.54) is 0 Å². The van der Waals surface area contributed by atoms with E-state index in [0.717, 1.165) is 49.2 Å². The van der Waals surface area contributed by atoms with Crippen LogP contribution in [0.3, 0.4) is 0 Å². The predicted molar refractivity (Wildman–Crippen MR) is 128 cm³/mol. The van der Waals surface area contributed by atoms with Crippen molar-refractivity contribution < 1.29 is 14.3 Å². The summed E-state index contributed by atoms with van der Waals surface area (Å²) < 4.78 is 5.45. The van der Waals surface area contributed by atoms with Crippen LogP contribution in [0.1, 0.15) is 72.5 Å². The smallest absolute Gasteiger partial charge is 0.256 e. The standard InChI is InChI=1S/C26H35N3O3/c1-4-16-28(17-5-2)25(30)20-12-14-21(15-13-20)27-24-22-10-7-8-11-23(22)26(31)29(24)18-9-19-32-6-3/h7-8,10-15,24,27H,4-6,9,16-19H2,1-3H3. The zero-order valence-electron chi connectivity index (χ0n) is 19.5. The second kappa shape index (κ2) is 11.7. The minimum absolute atomic E-state index is 0.0381. The Kier molecular flexibility index (Phi) is 8.68. The van der Waals surface area contributed by atoms with Gasteiger partial charge in [0.15, 0.2) is 0 Å². The first-order chi connectivity index (χ1) is 15.6. The van der Waals surface area contributed by atoms with Gasteiger partial charge < -0.3 is 19.9 Å². The lowest BCUT2D eigenvalue weighted by Crippen LogP contribution is -2.34. The van der Waals surface area contributed by atoms with Crippen molar-refractivity contribution in [2.24, 2.45) is 0 Å². The Bertz CT molecular complexity index is 891. The van der Waals surface area contributed by atoms with Crippen molar-refractivity contribution in [2.45, 2.75) is 46.2 Å². The summed E-state index contributed by atoms with van der Waals surface area (Å²) in [4.78, 5) is 29.6. The molecule has 0 spiro atoms. The normalized spacial score (nSPS) is 15.0. The number of anilines is 1. The molecule has 1 aliphatic rings. The molecule has 0 aliphatic carbocycles. The first-order valence-electron chi connectivity index (χ1n) is 11.7. The monoisotopic (exact) mass is 437 g/mol. The largest absolute Gasteiger partial charge is 0.382 e. The topological polar surface area (TPSA) is 61.9 Å². The SMILES string of the molecule is CCCN(CCC)C(=O)c1ccc(NC2c3ccccc3C(=O)N2CCCOCC)cc1. The molecule has 1 aliphatic heterocycles. The van der Waals surface area contributed by atoms with Crippen LogP contribution in [0.2, 0.25) is 0 Å². The lowest BCUT2D eigenvalue weighted by Gasteiger charge is -2.27. The number of nitrogens with one attached hydrogen (secondary N) is 1. The van der Waals surface area contributed by atoms with Crippen LogP contribution >= 0.6 is 0 Å². The Morgan fingerprint density at radius 3 is 2.38 bits per heavy atom. The van der Waals surface area contributed by atoms with E-state index in [1.54, 1.807) is 0 Å². The Hall–Kier alpha value is -2.86. The second-order valence-corrected chi connectivity index (χ2v) is 8.05. The molecule has 1 atom stereocenters. The lowest BCUT2D eigenvalue weighted by atomic mass is 10.1. The number of ether oxygens (including phenoxy) is 1. The van der Waals surface area contributed by atoms with Gasteiger partial charge in [0.05, 0.1) is 0 Å². The fourth-order valence-corrected chi connectivity index (χ4v) is 4.14. The molecule has 32 heavy (non-hydrogen) atoms. The van der Waals surface area contributed by atoms with Gasteiger partial charge in [0, 0.05) is 55.2 Å². The van der Waals surface area contributed by atoms with Crippen LogP contribution in [0.25, 0.3) is 0 Å². The molecule has 6 heteroatoms. The molecular formula is C26H35N3O3. The van der Waals surface area contributed by atoms with E-state index in [4.69, 9.17) is 4.74 Å². The molecule has 2 aromatic carbocycles. The average molecular weight is 438 g/mol. The zero-order valence-corrected chi connectivity index (χ0v) is 19.5. The van der Waals surface area contributed by atoms with Gasteiger partial charge in [-0.15, -0.1) is 0 Å². The van der Waals surface area contributed by atoms with Gasteiger partial charge in [-0.1, -0.05) is 32.0 Å². The summed E-state index contributed by atoms with van der Waals surface area (Å²) in [7, 11) is 0. The number of benzene rings is 2. The number of hydrogen-bond acceptors (Lipinski definition) is 4. The van der Waals surface area contributed by atoms with E-state index in [9.17, 15) is 9.59 Å². The molecule has 6 nitrogen and oxygen atoms in total. The first kappa shape index (κ1) is 23.8. The third-order valence-electron chi connectivity index (χ3n) is 5.66. The summed E-state index contributed by atoms with van der Waals surface area (Å²) in [5, 5.41) is 3.50. The van der Waals surface area contributed by atoms with Gasteiger partial charge in [-0.2, -0.15) is 0 Å². The quantitative estimate of drug-likeness (QED) is 0.478. The van der Waals surface area contributed by atoms with Gasteiger partial charge in [0.1, 0.15) is 6.17 Å². The van der Waals surface area contributed by atoms with Crippen molar-refractivity contribution in [1.29, 1.82) is 0 Å². The summed E-state index contributed by atoms with van der Waals surface area (Å²) in [5.41, 5.74) is 3.28. The maximum atomic E-state index is 13.0. The number of rotatable bonds is 12. The van der Waals surface area contributed by atoms with Gasteiger partial charge in [-0.05, 0) is 56.5 Å². The average Bonchev–Trinajstić information content (AvgIpc) is 3.08. The van der Waals surface area contributed by atoms with Gasteiger partial charge in [0.2, 0.25) is 0 Å². The fourth-order valence-electron chi connectivity index (χ4n) is 4.14. The van der Waals surface area contributed by atoms with Gasteiger partial charge in [0.25, 0.3) is 11.8 Å². The summed E-state index contributed by atoms with van der Waals surface area (Å²) in [5.74, 6) is 0.107. The van der Waals surface area contributed by atoms with E-state index in [-0.39, 0.29) is 18.0 Å². The summed E-state index contributed by atoms with van der Waals surface area (Å²) >= 11 is 0. The number of carbonyl (C=O) groups is 2. The lowest BCUT2D eigenvalue weighted by molar-refractivity contribution is 0.0708. The van der Waals surface area contributed by atoms with Gasteiger partial charge in [-0.3, -0.25) is 9.59 Å². The Morgan fingerprint density at radius 2 is 1.72 bits per heavy atom. The van der Waals surface area contributed by atoms with Crippen molar-refractivity contribution in [1.82, 2.24) is 9.80 Å². The highest BCUT2D eigenvalue weighted by Crippen LogP contribution is 2.34. The van der Waals surface area contributed by atoms with E-state index >= 15 is 0 Å². The van der Waals surface area contributed by atoms with Crippen molar-refractivity contribution in [3.05, 3.63) is 65.2 Å². The maximum Gasteiger partial charge on any atom is 0.256 e. The van der Waals surface area contributed by atoms with Gasteiger partial charge in [-0.25, -0.2) is 0 Å². The molecule has 3 rings (SSSR count). The van der Waals surface area contributed by atoms with E-state index < -0.39 is 0 Å². The highest BCUT2D eigenvalue weighted by molar-refractivity contribution is 5.99. The zero-order chi connectivity index (χ0) is 22.9. The molecule has 1 heterocycles. The molecule has 0 saturated heterocycles. The summed E-state index contributed by atoms with van der Waals surface area (Å²) in [6.07, 6.45) is 2.43. The molecule has 172 valence electrons. The highest BCUT2D eigenvalue weighted by atomic mass is 16.5. The van der Waals surface area contributed by atoms with Crippen LogP contribution in [0.4, 0.5) is 5.69 Å². The summed E-state index contributed by atoms with van der Waals surface area (Å²) in [6.45, 7) is 9.60. The van der Waals surface area contributed by atoms with Crippen LogP contribution in [0.5, 0.6) is 0 Å². The van der Waals surface area contributed by atoms with E-state index in [0.29, 0.717) is 25.3 Å². The minimum atomic E-state index is -0.237. The number of amides is 2. The van der Waals surface area contributed by atoms with Crippen molar-refractivity contribution in [3.8, 4) is 0 Å². The molecule has 2 amide bonds. The minimum Gasteiger partial charge on any atom is -0.382 e. The molecule has 0 saturated carbocycles. The molecule has 0 fully saturated rings. The number of hydrogen-bond donors (Lipinski definition) is 1. The molecule has 0 bridgehead atoms. The second-order valence-electron chi connectivity index (χ2n) is 8.05. The van der Waals surface area contributed by atoms with Crippen LogP contribution in [-0.4, -0.2) is 54.5 Å². The van der Waals surface area contributed by atoms with Crippen molar-refractivity contribution in [3.63, 3.8) is 0 Å². The molecule has 0 aromatic heterocycles. The first-order valence-corrected chi connectivity index (χ1v) is 11.7. The van der Waals surface area contributed by atoms with E-state index in [2.05, 4.69) is 19.2 Å². The Balaban J connectivity index is 1.75. The van der Waals surface area contributed by atoms with Crippen LogP contribution < -0.4 is 5.32 Å². The number of fused-ring (bicyclic) bond motifs is 1. The predicted octanol–water partition coefficient (Wildman–Crippen LogP) is 4.94. The van der Waals surface area contributed by atoms with Crippen molar-refractivity contribution >= 4 is 17.5 Å². The van der Waals surface area contributed by atoms with Gasteiger partial charge >= 0.3 is 0 Å². The fraction of sp³-hybridized carbons (Fsp3) is 0.462. The molecule has 2 aromatic rings. The summed E-state index contributed by atoms with van der Waals surface area (Å²) in [6, 6.07) is 15.3. The molecule has 1 unspecified atom stereocenters. The molecule has 1 N–H and O–H groups in total. The van der Waals surface area contributed by atoms with Crippen molar-refractivity contribution in [2.75, 3.05) is 38.2 Å². The van der Waals surface area contributed by atoms with Crippen LogP contribution in [-0.2, 0) is 4.74 Å². The Morgan fingerprint density at radius 1 is 1.03 bits per heavy atom. The Labute approximate surface area is 191 Å².